The number of carbonyl (C=O) groups excluding carboxylic acids is 2. The minimum Gasteiger partial charge on any atom is -0.363 e. The number of amides is 2. The Balaban J connectivity index is 2.07. The van der Waals surface area contributed by atoms with Gasteiger partial charge in [-0.15, -0.1) is 0 Å². The molecule has 0 aliphatic heterocycles. The standard InChI is InChI=1S/C16H18FN3O3/c1-11(2)9-20(10-15(21)18-14-7-8-23-19-14)16(22)12-3-5-13(17)6-4-12/h3-8,11H,9-10H2,1-2H3,(H,18,19,21). The molecule has 6 nitrogen and oxygen atoms in total. The van der Waals surface area contributed by atoms with Gasteiger partial charge in [0.15, 0.2) is 5.82 Å². The van der Waals surface area contributed by atoms with Crippen LogP contribution in [0.5, 0.6) is 0 Å². The van der Waals surface area contributed by atoms with Crippen LogP contribution < -0.4 is 5.32 Å². The average Bonchev–Trinajstić information content (AvgIpc) is 2.99. The normalized spacial score (nSPS) is 10.6. The van der Waals surface area contributed by atoms with E-state index in [2.05, 4.69) is 15.0 Å². The van der Waals surface area contributed by atoms with Crippen molar-refractivity contribution < 1.29 is 18.5 Å². The van der Waals surface area contributed by atoms with Crippen molar-refractivity contribution >= 4 is 17.6 Å². The number of hydrogen-bond donors (Lipinski definition) is 1. The summed E-state index contributed by atoms with van der Waals surface area (Å²) in [7, 11) is 0. The average molecular weight is 319 g/mol. The van der Waals surface area contributed by atoms with Crippen molar-refractivity contribution in [1.29, 1.82) is 0 Å². The molecule has 1 heterocycles. The van der Waals surface area contributed by atoms with E-state index in [4.69, 9.17) is 0 Å². The van der Waals surface area contributed by atoms with Gasteiger partial charge in [0, 0.05) is 18.2 Å². The molecule has 23 heavy (non-hydrogen) atoms. The zero-order valence-corrected chi connectivity index (χ0v) is 13.0. The molecule has 0 bridgehead atoms. The quantitative estimate of drug-likeness (QED) is 0.888. The van der Waals surface area contributed by atoms with Crippen LogP contribution in [0.1, 0.15) is 24.2 Å². The minimum atomic E-state index is -0.416. The Bertz CT molecular complexity index is 654. The highest BCUT2D eigenvalue weighted by Crippen LogP contribution is 2.10. The molecule has 1 aromatic heterocycles. The van der Waals surface area contributed by atoms with Gasteiger partial charge in [-0.25, -0.2) is 4.39 Å². The van der Waals surface area contributed by atoms with Gasteiger partial charge in [0.25, 0.3) is 5.91 Å². The number of benzene rings is 1. The van der Waals surface area contributed by atoms with Crippen LogP contribution in [0.15, 0.2) is 41.1 Å². The molecule has 7 heteroatoms. The first-order valence-corrected chi connectivity index (χ1v) is 7.21. The van der Waals surface area contributed by atoms with Crippen molar-refractivity contribution in [3.63, 3.8) is 0 Å². The SMILES string of the molecule is CC(C)CN(CC(=O)Nc1ccon1)C(=O)c1ccc(F)cc1. The van der Waals surface area contributed by atoms with Gasteiger partial charge in [0.05, 0.1) is 0 Å². The first-order chi connectivity index (χ1) is 11.0. The predicted octanol–water partition coefficient (Wildman–Crippen LogP) is 2.55. The predicted molar refractivity (Wildman–Crippen MR) is 82.3 cm³/mol. The van der Waals surface area contributed by atoms with Crippen LogP contribution in [0.25, 0.3) is 0 Å². The lowest BCUT2D eigenvalue weighted by atomic mass is 10.1. The lowest BCUT2D eigenvalue weighted by molar-refractivity contribution is -0.117. The number of nitrogens with one attached hydrogen (secondary N) is 1. The van der Waals surface area contributed by atoms with Crippen LogP contribution in [-0.2, 0) is 4.79 Å². The van der Waals surface area contributed by atoms with Gasteiger partial charge >= 0.3 is 0 Å². The Morgan fingerprint density at radius 3 is 2.52 bits per heavy atom. The van der Waals surface area contributed by atoms with E-state index in [1.165, 1.54) is 41.5 Å². The Morgan fingerprint density at radius 2 is 1.96 bits per heavy atom. The van der Waals surface area contributed by atoms with Crippen LogP contribution in [-0.4, -0.2) is 35.0 Å². The van der Waals surface area contributed by atoms with Gasteiger partial charge in [-0.05, 0) is 30.2 Å². The molecule has 1 N–H and O–H groups in total. The number of nitrogens with zero attached hydrogens (tertiary/aromatic N) is 2. The minimum absolute atomic E-state index is 0.124. The summed E-state index contributed by atoms with van der Waals surface area (Å²) in [5, 5.41) is 6.13. The van der Waals surface area contributed by atoms with E-state index in [0.717, 1.165) is 0 Å². The van der Waals surface area contributed by atoms with Gasteiger partial charge in [0.1, 0.15) is 18.6 Å². The third kappa shape index (κ3) is 4.91. The van der Waals surface area contributed by atoms with Crippen LogP contribution in [0, 0.1) is 11.7 Å². The lowest BCUT2D eigenvalue weighted by Gasteiger charge is -2.24. The highest BCUT2D eigenvalue weighted by atomic mass is 19.1. The summed E-state index contributed by atoms with van der Waals surface area (Å²) >= 11 is 0. The summed E-state index contributed by atoms with van der Waals surface area (Å²) < 4.78 is 17.6. The van der Waals surface area contributed by atoms with Gasteiger partial charge in [-0.1, -0.05) is 19.0 Å². The van der Waals surface area contributed by atoms with E-state index in [-0.39, 0.29) is 30.1 Å². The lowest BCUT2D eigenvalue weighted by Crippen LogP contribution is -2.40. The molecule has 2 amide bonds. The van der Waals surface area contributed by atoms with Gasteiger partial charge in [-0.2, -0.15) is 0 Å². The number of hydrogen-bond acceptors (Lipinski definition) is 4. The van der Waals surface area contributed by atoms with E-state index >= 15 is 0 Å². The van der Waals surface area contributed by atoms with Crippen LogP contribution in [0.2, 0.25) is 0 Å². The van der Waals surface area contributed by atoms with Gasteiger partial charge < -0.3 is 14.7 Å². The summed E-state index contributed by atoms with van der Waals surface area (Å²) in [6, 6.07) is 6.75. The zero-order chi connectivity index (χ0) is 16.8. The summed E-state index contributed by atoms with van der Waals surface area (Å²) in [6.45, 7) is 4.17. The molecule has 2 rings (SSSR count). The summed E-state index contributed by atoms with van der Waals surface area (Å²) in [5.74, 6) is -0.655. The van der Waals surface area contributed by atoms with E-state index in [0.29, 0.717) is 12.1 Å². The number of carbonyl (C=O) groups is 2. The van der Waals surface area contributed by atoms with Crippen molar-refractivity contribution in [2.24, 2.45) is 5.92 Å². The molecule has 0 spiro atoms. The monoisotopic (exact) mass is 319 g/mol. The first kappa shape index (κ1) is 16.7. The fourth-order valence-corrected chi connectivity index (χ4v) is 2.07. The smallest absolute Gasteiger partial charge is 0.254 e. The molecule has 0 atom stereocenters. The maximum atomic E-state index is 13.0. The Labute approximate surface area is 133 Å². The van der Waals surface area contributed by atoms with Crippen molar-refractivity contribution in [2.75, 3.05) is 18.4 Å². The maximum Gasteiger partial charge on any atom is 0.254 e. The zero-order valence-electron chi connectivity index (χ0n) is 13.0. The third-order valence-electron chi connectivity index (χ3n) is 3.00. The van der Waals surface area contributed by atoms with Gasteiger partial charge in [-0.3, -0.25) is 9.59 Å². The molecule has 0 aliphatic carbocycles. The van der Waals surface area contributed by atoms with Crippen molar-refractivity contribution in [3.8, 4) is 0 Å². The highest BCUT2D eigenvalue weighted by Gasteiger charge is 2.20. The van der Waals surface area contributed by atoms with Crippen molar-refractivity contribution in [2.45, 2.75) is 13.8 Å². The summed E-state index contributed by atoms with van der Waals surface area (Å²) in [6.07, 6.45) is 1.34. The number of anilines is 1. The molecular weight excluding hydrogens is 301 g/mol. The molecule has 0 unspecified atom stereocenters. The molecule has 122 valence electrons. The largest absolute Gasteiger partial charge is 0.363 e. The molecule has 0 saturated heterocycles. The molecule has 0 radical (unpaired) electrons. The maximum absolute atomic E-state index is 13.0. The second-order valence-electron chi connectivity index (χ2n) is 5.52. The molecular formula is C16H18FN3O3. The Kier molecular flexibility index (Phi) is 5.46. The number of halogens is 1. The molecule has 1 aromatic carbocycles. The molecule has 2 aromatic rings. The van der Waals surface area contributed by atoms with Crippen molar-refractivity contribution in [1.82, 2.24) is 10.1 Å². The fourth-order valence-electron chi connectivity index (χ4n) is 2.07. The second kappa shape index (κ2) is 7.53. The molecule has 0 fully saturated rings. The van der Waals surface area contributed by atoms with Crippen LogP contribution in [0.4, 0.5) is 10.2 Å². The summed E-state index contributed by atoms with van der Waals surface area (Å²) in [4.78, 5) is 26.0. The first-order valence-electron chi connectivity index (χ1n) is 7.21. The highest BCUT2D eigenvalue weighted by molar-refractivity contribution is 5.99. The number of aromatic nitrogens is 1. The topological polar surface area (TPSA) is 75.4 Å². The van der Waals surface area contributed by atoms with Crippen LogP contribution in [0.3, 0.4) is 0 Å². The van der Waals surface area contributed by atoms with E-state index in [9.17, 15) is 14.0 Å². The number of rotatable bonds is 6. The van der Waals surface area contributed by atoms with Gasteiger partial charge in [0.2, 0.25) is 5.91 Å². The molecule has 0 saturated carbocycles. The molecule has 0 aliphatic rings. The van der Waals surface area contributed by atoms with Crippen LogP contribution >= 0.6 is 0 Å². The Morgan fingerprint density at radius 1 is 1.26 bits per heavy atom. The Hall–Kier alpha value is -2.70. The van der Waals surface area contributed by atoms with E-state index in [1.54, 1.807) is 0 Å². The third-order valence-corrected chi connectivity index (χ3v) is 3.00. The summed E-state index contributed by atoms with van der Waals surface area (Å²) in [5.41, 5.74) is 0.335. The van der Waals surface area contributed by atoms with E-state index in [1.807, 2.05) is 13.8 Å². The van der Waals surface area contributed by atoms with E-state index < -0.39 is 5.82 Å². The van der Waals surface area contributed by atoms with Crippen molar-refractivity contribution in [3.05, 3.63) is 48.0 Å². The fraction of sp³-hybridized carbons (Fsp3) is 0.312. The second-order valence-corrected chi connectivity index (χ2v) is 5.52.